The Morgan fingerprint density at radius 1 is 1.43 bits per heavy atom. The molecule has 1 amide bonds. The van der Waals surface area contributed by atoms with E-state index in [-0.39, 0.29) is 11.9 Å². The van der Waals surface area contributed by atoms with E-state index in [4.69, 9.17) is 5.73 Å². The van der Waals surface area contributed by atoms with E-state index >= 15 is 0 Å². The summed E-state index contributed by atoms with van der Waals surface area (Å²) in [6.07, 6.45) is 2.69. The Balaban J connectivity index is 1.72. The van der Waals surface area contributed by atoms with Gasteiger partial charge in [-0.25, -0.2) is 0 Å². The zero-order valence-corrected chi connectivity index (χ0v) is 14.8. The zero-order valence-electron chi connectivity index (χ0n) is 12.4. The molecule has 0 spiro atoms. The van der Waals surface area contributed by atoms with Crippen molar-refractivity contribution in [2.45, 2.75) is 37.1 Å². The standard InChI is InChI=1S/C16H23BrN2OS/c1-12(18)13-6-9-19(10-7-13)16(20)8-11-21-15-5-3-2-4-14(15)17/h2-5,12-13H,6-11,18H2,1H3. The minimum absolute atomic E-state index is 0.244. The number of nitrogens with two attached hydrogens (primary N) is 1. The van der Waals surface area contributed by atoms with Crippen LogP contribution in [0.25, 0.3) is 0 Å². The molecule has 0 radical (unpaired) electrons. The molecule has 1 aliphatic heterocycles. The summed E-state index contributed by atoms with van der Waals surface area (Å²) in [5.74, 6) is 1.68. The van der Waals surface area contributed by atoms with E-state index < -0.39 is 0 Å². The normalized spacial score (nSPS) is 17.8. The molecule has 3 nitrogen and oxygen atoms in total. The largest absolute Gasteiger partial charge is 0.343 e. The fourth-order valence-corrected chi connectivity index (χ4v) is 4.15. The van der Waals surface area contributed by atoms with Crippen LogP contribution in [0.1, 0.15) is 26.2 Å². The molecule has 0 aromatic heterocycles. The molecule has 1 atom stereocenters. The van der Waals surface area contributed by atoms with Crippen LogP contribution in [0.5, 0.6) is 0 Å². The SMILES string of the molecule is CC(N)C1CCN(C(=O)CCSc2ccccc2Br)CC1. The van der Waals surface area contributed by atoms with Crippen LogP contribution in [0.15, 0.2) is 33.6 Å². The van der Waals surface area contributed by atoms with Crippen molar-refractivity contribution >= 4 is 33.6 Å². The van der Waals surface area contributed by atoms with Crippen LogP contribution in [-0.2, 0) is 4.79 Å². The first-order valence-electron chi connectivity index (χ1n) is 7.48. The van der Waals surface area contributed by atoms with Gasteiger partial charge >= 0.3 is 0 Å². The molecule has 0 bridgehead atoms. The summed E-state index contributed by atoms with van der Waals surface area (Å²) in [6.45, 7) is 3.80. The third-order valence-electron chi connectivity index (χ3n) is 4.05. The predicted molar refractivity (Wildman–Crippen MR) is 92.4 cm³/mol. The summed E-state index contributed by atoms with van der Waals surface area (Å²) in [7, 11) is 0. The van der Waals surface area contributed by atoms with Crippen LogP contribution in [-0.4, -0.2) is 35.7 Å². The van der Waals surface area contributed by atoms with E-state index in [0.29, 0.717) is 12.3 Å². The molecule has 1 heterocycles. The van der Waals surface area contributed by atoms with Crippen LogP contribution in [0.4, 0.5) is 0 Å². The number of amides is 1. The van der Waals surface area contributed by atoms with E-state index in [0.717, 1.165) is 36.2 Å². The summed E-state index contributed by atoms with van der Waals surface area (Å²) >= 11 is 5.26. The molecule has 21 heavy (non-hydrogen) atoms. The van der Waals surface area contributed by atoms with Crippen LogP contribution < -0.4 is 5.73 Å². The molecule has 1 aliphatic rings. The molecule has 116 valence electrons. The lowest BCUT2D eigenvalue weighted by molar-refractivity contribution is -0.132. The highest BCUT2D eigenvalue weighted by molar-refractivity contribution is 9.10. The fourth-order valence-electron chi connectivity index (χ4n) is 2.64. The maximum Gasteiger partial charge on any atom is 0.223 e. The highest BCUT2D eigenvalue weighted by Gasteiger charge is 2.24. The van der Waals surface area contributed by atoms with Crippen molar-refractivity contribution < 1.29 is 4.79 Å². The van der Waals surface area contributed by atoms with E-state index in [9.17, 15) is 4.79 Å². The number of benzene rings is 1. The molecule has 1 aromatic carbocycles. The number of hydrogen-bond acceptors (Lipinski definition) is 3. The van der Waals surface area contributed by atoms with Gasteiger partial charge in [0.05, 0.1) is 0 Å². The average Bonchev–Trinajstić information content (AvgIpc) is 2.49. The number of nitrogens with zero attached hydrogens (tertiary/aromatic N) is 1. The smallest absolute Gasteiger partial charge is 0.223 e. The minimum atomic E-state index is 0.244. The van der Waals surface area contributed by atoms with Crippen molar-refractivity contribution in [3.63, 3.8) is 0 Å². The minimum Gasteiger partial charge on any atom is -0.343 e. The first-order chi connectivity index (χ1) is 10.1. The molecule has 1 saturated heterocycles. The van der Waals surface area contributed by atoms with Crippen LogP contribution in [0.3, 0.4) is 0 Å². The number of thioether (sulfide) groups is 1. The second-order valence-electron chi connectivity index (χ2n) is 5.61. The van der Waals surface area contributed by atoms with E-state index in [1.54, 1.807) is 11.8 Å². The number of likely N-dealkylation sites (tertiary alicyclic amines) is 1. The highest BCUT2D eigenvalue weighted by Crippen LogP contribution is 2.28. The van der Waals surface area contributed by atoms with Gasteiger partial charge in [-0.05, 0) is 53.7 Å². The maximum atomic E-state index is 12.2. The van der Waals surface area contributed by atoms with Crippen LogP contribution in [0.2, 0.25) is 0 Å². The lowest BCUT2D eigenvalue weighted by atomic mass is 9.91. The fraction of sp³-hybridized carbons (Fsp3) is 0.562. The number of piperidine rings is 1. The Morgan fingerprint density at radius 2 is 2.10 bits per heavy atom. The predicted octanol–water partition coefficient (Wildman–Crippen LogP) is 3.52. The maximum absolute atomic E-state index is 12.2. The van der Waals surface area contributed by atoms with Crippen molar-refractivity contribution in [2.75, 3.05) is 18.8 Å². The van der Waals surface area contributed by atoms with Gasteiger partial charge < -0.3 is 10.6 Å². The van der Waals surface area contributed by atoms with Gasteiger partial charge in [-0.15, -0.1) is 11.8 Å². The van der Waals surface area contributed by atoms with Crippen molar-refractivity contribution in [3.05, 3.63) is 28.7 Å². The van der Waals surface area contributed by atoms with Crippen molar-refractivity contribution in [3.8, 4) is 0 Å². The molecule has 2 N–H and O–H groups in total. The number of hydrogen-bond donors (Lipinski definition) is 1. The molecule has 0 aliphatic carbocycles. The Labute approximate surface area is 139 Å². The van der Waals surface area contributed by atoms with Crippen molar-refractivity contribution in [1.29, 1.82) is 0 Å². The van der Waals surface area contributed by atoms with Gasteiger partial charge in [0.1, 0.15) is 0 Å². The Kier molecular flexibility index (Phi) is 6.58. The first kappa shape index (κ1) is 16.8. The summed E-state index contributed by atoms with van der Waals surface area (Å²) < 4.78 is 1.10. The van der Waals surface area contributed by atoms with Gasteiger partial charge in [-0.1, -0.05) is 12.1 Å². The van der Waals surface area contributed by atoms with Crippen LogP contribution in [0, 0.1) is 5.92 Å². The first-order valence-corrected chi connectivity index (χ1v) is 9.26. The van der Waals surface area contributed by atoms with E-state index in [2.05, 4.69) is 28.9 Å². The molecule has 1 unspecified atom stereocenters. The number of rotatable bonds is 5. The summed E-state index contributed by atoms with van der Waals surface area (Å²) in [6, 6.07) is 8.37. The molecule has 2 rings (SSSR count). The second-order valence-corrected chi connectivity index (χ2v) is 7.60. The van der Waals surface area contributed by atoms with Gasteiger partial charge in [0.25, 0.3) is 0 Å². The van der Waals surface area contributed by atoms with Gasteiger partial charge in [0.2, 0.25) is 5.91 Å². The lowest BCUT2D eigenvalue weighted by Gasteiger charge is -2.33. The lowest BCUT2D eigenvalue weighted by Crippen LogP contribution is -2.42. The number of halogens is 1. The molecule has 5 heteroatoms. The number of carbonyl (C=O) groups is 1. The Bertz CT molecular complexity index is 473. The third kappa shape index (κ3) is 5.01. The monoisotopic (exact) mass is 370 g/mol. The quantitative estimate of drug-likeness (QED) is 0.806. The third-order valence-corrected chi connectivity index (χ3v) is 6.08. The Hall–Kier alpha value is -0.520. The van der Waals surface area contributed by atoms with Gasteiger partial charge in [0.15, 0.2) is 0 Å². The van der Waals surface area contributed by atoms with Gasteiger partial charge in [0, 0.05) is 40.7 Å². The Morgan fingerprint density at radius 3 is 2.71 bits per heavy atom. The van der Waals surface area contributed by atoms with E-state index in [1.165, 1.54) is 4.90 Å². The molecule has 0 saturated carbocycles. The van der Waals surface area contributed by atoms with E-state index in [1.807, 2.05) is 23.1 Å². The summed E-state index contributed by atoms with van der Waals surface area (Å²) in [4.78, 5) is 15.4. The molecule has 1 fully saturated rings. The second kappa shape index (κ2) is 8.20. The highest BCUT2D eigenvalue weighted by atomic mass is 79.9. The topological polar surface area (TPSA) is 46.3 Å². The van der Waals surface area contributed by atoms with Crippen molar-refractivity contribution in [1.82, 2.24) is 4.90 Å². The van der Waals surface area contributed by atoms with Gasteiger partial charge in [-0.2, -0.15) is 0 Å². The molecular weight excluding hydrogens is 348 g/mol. The van der Waals surface area contributed by atoms with Crippen molar-refractivity contribution in [2.24, 2.45) is 11.7 Å². The zero-order chi connectivity index (χ0) is 15.2. The number of carbonyl (C=O) groups excluding carboxylic acids is 1. The summed E-state index contributed by atoms with van der Waals surface area (Å²) in [5.41, 5.74) is 5.94. The molecule has 1 aromatic rings. The average molecular weight is 371 g/mol. The molecular formula is C16H23BrN2OS. The summed E-state index contributed by atoms with van der Waals surface area (Å²) in [5, 5.41) is 0. The van der Waals surface area contributed by atoms with Crippen LogP contribution >= 0.6 is 27.7 Å². The van der Waals surface area contributed by atoms with Gasteiger partial charge in [-0.3, -0.25) is 4.79 Å².